The van der Waals surface area contributed by atoms with Gasteiger partial charge in [-0.3, -0.25) is 9.69 Å². The van der Waals surface area contributed by atoms with Crippen LogP contribution in [-0.2, 0) is 17.8 Å². The first-order chi connectivity index (χ1) is 15.1. The minimum absolute atomic E-state index is 0.0224. The third-order valence-corrected chi connectivity index (χ3v) is 7.32. The lowest BCUT2D eigenvalue weighted by Gasteiger charge is -2.35. The highest BCUT2D eigenvalue weighted by molar-refractivity contribution is 6.31. The first-order valence-electron chi connectivity index (χ1n) is 11.1. The van der Waals surface area contributed by atoms with Crippen LogP contribution >= 0.6 is 11.6 Å². The summed E-state index contributed by atoms with van der Waals surface area (Å²) < 4.78 is 2.44. The quantitative estimate of drug-likeness (QED) is 0.631. The van der Waals surface area contributed by atoms with Crippen molar-refractivity contribution in [3.63, 3.8) is 0 Å². The van der Waals surface area contributed by atoms with E-state index in [2.05, 4.69) is 43.8 Å². The number of benzene rings is 1. The topological polar surface area (TPSA) is 63.1 Å². The second kappa shape index (κ2) is 8.24. The Hall–Kier alpha value is -2.44. The number of hydrogen-bond donors (Lipinski definition) is 1. The number of nitrogens with one attached hydrogen (secondary N) is 1. The maximum absolute atomic E-state index is 12.3. The fraction of sp³-hybridized carbons (Fsp3) is 0.458. The van der Waals surface area contributed by atoms with Crippen molar-refractivity contribution >= 4 is 28.4 Å². The van der Waals surface area contributed by atoms with Gasteiger partial charge in [0.1, 0.15) is 6.33 Å². The van der Waals surface area contributed by atoms with Crippen LogP contribution in [0.3, 0.4) is 0 Å². The number of nitrogens with zero attached hydrogens (tertiary/aromatic N) is 4. The van der Waals surface area contributed by atoms with Crippen molar-refractivity contribution in [1.82, 2.24) is 24.8 Å². The van der Waals surface area contributed by atoms with Gasteiger partial charge in [0.15, 0.2) is 0 Å². The van der Waals surface area contributed by atoms with Gasteiger partial charge < -0.3 is 9.88 Å². The number of likely N-dealkylation sites (N-methyl/N-ethyl adjacent to an activating group) is 1. The normalized spacial score (nSPS) is 21.3. The van der Waals surface area contributed by atoms with E-state index >= 15 is 0 Å². The van der Waals surface area contributed by atoms with E-state index in [9.17, 15) is 4.79 Å². The van der Waals surface area contributed by atoms with Crippen LogP contribution in [0, 0.1) is 0 Å². The van der Waals surface area contributed by atoms with Gasteiger partial charge in [-0.05, 0) is 49.2 Å². The molecule has 1 fully saturated rings. The lowest BCUT2D eigenvalue weighted by Crippen LogP contribution is -2.37. The van der Waals surface area contributed by atoms with Gasteiger partial charge in [0.05, 0.1) is 0 Å². The van der Waals surface area contributed by atoms with Crippen molar-refractivity contribution < 1.29 is 4.79 Å². The van der Waals surface area contributed by atoms with Crippen LogP contribution in [0.4, 0.5) is 0 Å². The minimum Gasteiger partial charge on any atom is -0.359 e. The Morgan fingerprint density at radius 2 is 2.19 bits per heavy atom. The highest BCUT2D eigenvalue weighted by atomic mass is 35.5. The predicted octanol–water partition coefficient (Wildman–Crippen LogP) is 4.09. The summed E-state index contributed by atoms with van der Waals surface area (Å²) >= 11 is 6.44. The molecule has 0 saturated carbocycles. The molecule has 1 amide bonds. The van der Waals surface area contributed by atoms with Gasteiger partial charge in [-0.25, -0.2) is 9.97 Å². The Kier molecular flexibility index (Phi) is 5.44. The van der Waals surface area contributed by atoms with Crippen LogP contribution in [0.2, 0.25) is 5.02 Å². The highest BCUT2D eigenvalue weighted by Gasteiger charge is 2.42. The van der Waals surface area contributed by atoms with E-state index in [1.165, 1.54) is 35.0 Å². The molecule has 162 valence electrons. The number of rotatable bonds is 6. The van der Waals surface area contributed by atoms with Gasteiger partial charge in [0.25, 0.3) is 0 Å². The number of hydrogen-bond acceptors (Lipinski definition) is 4. The van der Waals surface area contributed by atoms with Crippen molar-refractivity contribution in [2.24, 2.45) is 0 Å². The summed E-state index contributed by atoms with van der Waals surface area (Å²) in [7, 11) is 1.69. The summed E-state index contributed by atoms with van der Waals surface area (Å²) in [5, 5.41) is 4.80. The van der Waals surface area contributed by atoms with E-state index < -0.39 is 0 Å². The number of amides is 1. The molecule has 3 atom stereocenters. The standard InChI is InChI=1S/C24H28ClN5O/c1-3-29-17-5-7-21(29)24-18-11-16(25)4-6-20(18)30(22(24)12-17)13-15(10-23(31)26-2)19-8-9-27-14-28-19/h4,6,8-9,11,14-15,17,21H,3,5,7,10,12-13H2,1-2H3,(H,26,31). The zero-order chi connectivity index (χ0) is 21.5. The van der Waals surface area contributed by atoms with E-state index in [1.54, 1.807) is 19.6 Å². The third kappa shape index (κ3) is 3.52. The summed E-state index contributed by atoms with van der Waals surface area (Å²) in [6.07, 6.45) is 7.19. The second-order valence-electron chi connectivity index (χ2n) is 8.62. The van der Waals surface area contributed by atoms with Crippen LogP contribution in [0.25, 0.3) is 10.9 Å². The molecule has 3 aromatic rings. The molecule has 0 aliphatic carbocycles. The average Bonchev–Trinajstić information content (AvgIpc) is 3.25. The molecule has 0 spiro atoms. The van der Waals surface area contributed by atoms with Crippen LogP contribution in [0.5, 0.6) is 0 Å². The van der Waals surface area contributed by atoms with E-state index in [0.29, 0.717) is 25.0 Å². The summed E-state index contributed by atoms with van der Waals surface area (Å²) in [5.74, 6) is -0.00519. The van der Waals surface area contributed by atoms with Gasteiger partial charge in [-0.2, -0.15) is 0 Å². The van der Waals surface area contributed by atoms with Crippen LogP contribution in [0.15, 0.2) is 36.8 Å². The Bertz CT molecular complexity index is 1110. The molecule has 1 aromatic carbocycles. The van der Waals surface area contributed by atoms with Crippen LogP contribution < -0.4 is 5.32 Å². The predicted molar refractivity (Wildman–Crippen MR) is 122 cm³/mol. The molecule has 2 aliphatic heterocycles. The van der Waals surface area contributed by atoms with Gasteiger partial charge in [-0.15, -0.1) is 0 Å². The molecule has 3 unspecified atom stereocenters. The largest absolute Gasteiger partial charge is 0.359 e. The van der Waals surface area contributed by atoms with Gasteiger partial charge in [0.2, 0.25) is 5.91 Å². The molecular formula is C24H28ClN5O. The van der Waals surface area contributed by atoms with E-state index in [4.69, 9.17) is 11.6 Å². The smallest absolute Gasteiger partial charge is 0.220 e. The molecule has 1 N–H and O–H groups in total. The zero-order valence-electron chi connectivity index (χ0n) is 18.0. The third-order valence-electron chi connectivity index (χ3n) is 7.08. The Balaban J connectivity index is 1.63. The first-order valence-corrected chi connectivity index (χ1v) is 11.5. The fourth-order valence-corrected chi connectivity index (χ4v) is 5.90. The van der Waals surface area contributed by atoms with Crippen molar-refractivity contribution in [2.45, 2.75) is 57.2 Å². The van der Waals surface area contributed by atoms with Crippen LogP contribution in [0.1, 0.15) is 55.1 Å². The lowest BCUT2D eigenvalue weighted by atomic mass is 9.96. The lowest BCUT2D eigenvalue weighted by molar-refractivity contribution is -0.121. The van der Waals surface area contributed by atoms with E-state index in [1.807, 2.05) is 12.1 Å². The van der Waals surface area contributed by atoms with Crippen molar-refractivity contribution in [2.75, 3.05) is 13.6 Å². The Morgan fingerprint density at radius 1 is 1.32 bits per heavy atom. The van der Waals surface area contributed by atoms with Crippen molar-refractivity contribution in [3.05, 3.63) is 58.8 Å². The summed E-state index contributed by atoms with van der Waals surface area (Å²) in [6, 6.07) is 9.20. The molecule has 5 rings (SSSR count). The van der Waals surface area contributed by atoms with Gasteiger partial charge >= 0.3 is 0 Å². The molecule has 6 nitrogen and oxygen atoms in total. The maximum Gasteiger partial charge on any atom is 0.220 e. The SMILES string of the molecule is CCN1C2CCC1c1c(n(CC(CC(=O)NC)c3ccncn3)c3ccc(Cl)cc13)C2. The molecule has 2 aromatic heterocycles. The monoisotopic (exact) mass is 437 g/mol. The number of aromatic nitrogens is 3. The van der Waals surface area contributed by atoms with Crippen molar-refractivity contribution in [1.29, 1.82) is 0 Å². The number of halogens is 1. The molecule has 2 bridgehead atoms. The zero-order valence-corrected chi connectivity index (χ0v) is 18.8. The number of carbonyl (C=O) groups is 1. The number of carbonyl (C=O) groups excluding carboxylic acids is 1. The number of fused-ring (bicyclic) bond motifs is 6. The highest BCUT2D eigenvalue weighted by Crippen LogP contribution is 2.48. The summed E-state index contributed by atoms with van der Waals surface area (Å²) in [4.78, 5) is 23.5. The van der Waals surface area contributed by atoms with Crippen LogP contribution in [-0.4, -0.2) is 45.0 Å². The van der Waals surface area contributed by atoms with E-state index in [0.717, 1.165) is 23.7 Å². The first kappa shape index (κ1) is 20.5. The average molecular weight is 438 g/mol. The maximum atomic E-state index is 12.3. The van der Waals surface area contributed by atoms with E-state index in [-0.39, 0.29) is 11.8 Å². The molecule has 4 heterocycles. The molecule has 0 radical (unpaired) electrons. The second-order valence-corrected chi connectivity index (χ2v) is 9.06. The molecule has 1 saturated heterocycles. The minimum atomic E-state index is -0.0276. The van der Waals surface area contributed by atoms with Gasteiger partial charge in [0, 0.05) is 77.9 Å². The molecule has 7 heteroatoms. The Labute approximate surface area is 187 Å². The summed E-state index contributed by atoms with van der Waals surface area (Å²) in [6.45, 7) is 4.04. The molecular weight excluding hydrogens is 410 g/mol. The fourth-order valence-electron chi connectivity index (χ4n) is 5.73. The van der Waals surface area contributed by atoms with Crippen molar-refractivity contribution in [3.8, 4) is 0 Å². The summed E-state index contributed by atoms with van der Waals surface area (Å²) in [5.41, 5.74) is 4.95. The molecule has 31 heavy (non-hydrogen) atoms. The molecule has 2 aliphatic rings. The van der Waals surface area contributed by atoms with Gasteiger partial charge in [-0.1, -0.05) is 18.5 Å². The Morgan fingerprint density at radius 3 is 2.94 bits per heavy atom.